The Morgan fingerprint density at radius 2 is 2.62 bits per heavy atom. The van der Waals surface area contributed by atoms with E-state index in [9.17, 15) is 4.79 Å². The van der Waals surface area contributed by atoms with E-state index in [-0.39, 0.29) is 5.91 Å². The predicted molar refractivity (Wildman–Crippen MR) is 27.9 cm³/mol. The van der Waals surface area contributed by atoms with Gasteiger partial charge in [0.05, 0.1) is 6.61 Å². The standard InChI is InChI=1S/C5H7NO2/c1-4-2-3-8-6-5(4)7/h2H,3H2,1H3,(H,6,7). The van der Waals surface area contributed by atoms with Gasteiger partial charge in [0, 0.05) is 5.57 Å². The average molecular weight is 113 g/mol. The van der Waals surface area contributed by atoms with Crippen LogP contribution in [-0.2, 0) is 9.63 Å². The van der Waals surface area contributed by atoms with Crippen molar-refractivity contribution in [1.82, 2.24) is 5.48 Å². The van der Waals surface area contributed by atoms with Crippen LogP contribution in [0.2, 0.25) is 0 Å². The minimum absolute atomic E-state index is 0.142. The summed E-state index contributed by atoms with van der Waals surface area (Å²) in [6.45, 7) is 2.23. The molecule has 1 heterocycles. The van der Waals surface area contributed by atoms with E-state index in [0.29, 0.717) is 6.61 Å². The molecular formula is C5H7NO2. The largest absolute Gasteiger partial charge is 0.270 e. The average Bonchev–Trinajstić information content (AvgIpc) is 1.77. The molecule has 0 saturated heterocycles. The number of carbonyl (C=O) groups excluding carboxylic acids is 1. The number of hydrogen-bond donors (Lipinski definition) is 1. The number of rotatable bonds is 0. The summed E-state index contributed by atoms with van der Waals surface area (Å²) in [5.41, 5.74) is 2.94. The number of carbonyl (C=O) groups is 1. The van der Waals surface area contributed by atoms with E-state index in [0.717, 1.165) is 5.57 Å². The first-order valence-corrected chi connectivity index (χ1v) is 2.39. The first kappa shape index (κ1) is 5.31. The van der Waals surface area contributed by atoms with Crippen molar-refractivity contribution >= 4 is 5.91 Å². The van der Waals surface area contributed by atoms with Crippen LogP contribution in [0.5, 0.6) is 0 Å². The normalized spacial score (nSPS) is 19.6. The van der Waals surface area contributed by atoms with Gasteiger partial charge in [0.1, 0.15) is 0 Å². The van der Waals surface area contributed by atoms with E-state index >= 15 is 0 Å². The molecule has 0 fully saturated rings. The van der Waals surface area contributed by atoms with Crippen molar-refractivity contribution in [2.75, 3.05) is 6.61 Å². The maximum Gasteiger partial charge on any atom is 0.270 e. The third-order valence-corrected chi connectivity index (χ3v) is 0.996. The van der Waals surface area contributed by atoms with Crippen LogP contribution in [0.1, 0.15) is 6.92 Å². The molecule has 1 aliphatic rings. The Bertz CT molecular complexity index is 139. The summed E-state index contributed by atoms with van der Waals surface area (Å²) in [5, 5.41) is 0. The summed E-state index contributed by atoms with van der Waals surface area (Å²) in [7, 11) is 0. The third-order valence-electron chi connectivity index (χ3n) is 0.996. The molecule has 44 valence electrons. The monoisotopic (exact) mass is 113 g/mol. The van der Waals surface area contributed by atoms with Gasteiger partial charge < -0.3 is 0 Å². The molecule has 0 aromatic heterocycles. The van der Waals surface area contributed by atoms with Gasteiger partial charge in [0.2, 0.25) is 0 Å². The summed E-state index contributed by atoms with van der Waals surface area (Å²) >= 11 is 0. The summed E-state index contributed by atoms with van der Waals surface area (Å²) < 4.78 is 0. The Morgan fingerprint density at radius 3 is 3.00 bits per heavy atom. The fraction of sp³-hybridized carbons (Fsp3) is 0.400. The Kier molecular flexibility index (Phi) is 1.30. The lowest BCUT2D eigenvalue weighted by Crippen LogP contribution is -2.28. The van der Waals surface area contributed by atoms with Gasteiger partial charge in [-0.25, -0.2) is 5.48 Å². The van der Waals surface area contributed by atoms with E-state index in [1.807, 2.05) is 0 Å². The molecule has 3 heteroatoms. The summed E-state index contributed by atoms with van der Waals surface area (Å²) in [6.07, 6.45) is 1.73. The lowest BCUT2D eigenvalue weighted by atomic mass is 10.3. The molecule has 1 N–H and O–H groups in total. The van der Waals surface area contributed by atoms with Crippen LogP contribution in [0, 0.1) is 0 Å². The van der Waals surface area contributed by atoms with Crippen molar-refractivity contribution in [2.24, 2.45) is 0 Å². The van der Waals surface area contributed by atoms with Crippen LogP contribution in [0.4, 0.5) is 0 Å². The van der Waals surface area contributed by atoms with E-state index in [4.69, 9.17) is 0 Å². The lowest BCUT2D eigenvalue weighted by Gasteiger charge is -2.08. The maximum absolute atomic E-state index is 10.5. The Balaban J connectivity index is 2.67. The molecule has 0 bridgehead atoms. The molecule has 0 spiro atoms. The van der Waals surface area contributed by atoms with Crippen LogP contribution in [0.3, 0.4) is 0 Å². The van der Waals surface area contributed by atoms with Gasteiger partial charge in [-0.15, -0.1) is 0 Å². The molecule has 0 atom stereocenters. The van der Waals surface area contributed by atoms with E-state index in [1.54, 1.807) is 13.0 Å². The second kappa shape index (κ2) is 1.96. The number of amides is 1. The number of hydrogen-bond acceptors (Lipinski definition) is 2. The van der Waals surface area contributed by atoms with Gasteiger partial charge in [-0.3, -0.25) is 9.63 Å². The summed E-state index contributed by atoms with van der Waals surface area (Å²) in [4.78, 5) is 15.1. The minimum atomic E-state index is -0.142. The molecule has 0 radical (unpaired) electrons. The van der Waals surface area contributed by atoms with E-state index in [1.165, 1.54) is 0 Å². The quantitative estimate of drug-likeness (QED) is 0.480. The molecule has 1 amide bonds. The van der Waals surface area contributed by atoms with Gasteiger partial charge in [0.25, 0.3) is 5.91 Å². The highest BCUT2D eigenvalue weighted by Gasteiger charge is 2.06. The Labute approximate surface area is 47.3 Å². The smallest absolute Gasteiger partial charge is 0.269 e. The van der Waals surface area contributed by atoms with Gasteiger partial charge in [-0.1, -0.05) is 0 Å². The number of hydroxylamine groups is 1. The van der Waals surface area contributed by atoms with Crippen LogP contribution < -0.4 is 5.48 Å². The first-order valence-electron chi connectivity index (χ1n) is 2.39. The van der Waals surface area contributed by atoms with Crippen LogP contribution in [0.15, 0.2) is 11.6 Å². The molecule has 0 aromatic rings. The van der Waals surface area contributed by atoms with E-state index < -0.39 is 0 Å². The van der Waals surface area contributed by atoms with Crippen LogP contribution in [0.25, 0.3) is 0 Å². The Morgan fingerprint density at radius 1 is 1.88 bits per heavy atom. The minimum Gasteiger partial charge on any atom is -0.269 e. The number of nitrogens with one attached hydrogen (secondary N) is 1. The highest BCUT2D eigenvalue weighted by molar-refractivity contribution is 5.92. The summed E-state index contributed by atoms with van der Waals surface area (Å²) in [5.74, 6) is -0.142. The van der Waals surface area contributed by atoms with Crippen molar-refractivity contribution in [3.8, 4) is 0 Å². The van der Waals surface area contributed by atoms with Gasteiger partial charge in [0.15, 0.2) is 0 Å². The molecule has 8 heavy (non-hydrogen) atoms. The SMILES string of the molecule is CC1=CCONC1=O. The molecular weight excluding hydrogens is 106 g/mol. The molecule has 0 unspecified atom stereocenters. The van der Waals surface area contributed by atoms with Crippen molar-refractivity contribution in [1.29, 1.82) is 0 Å². The van der Waals surface area contributed by atoms with Crippen molar-refractivity contribution in [2.45, 2.75) is 6.92 Å². The van der Waals surface area contributed by atoms with Crippen LogP contribution >= 0.6 is 0 Å². The van der Waals surface area contributed by atoms with E-state index in [2.05, 4.69) is 10.3 Å². The van der Waals surface area contributed by atoms with Gasteiger partial charge in [-0.2, -0.15) is 0 Å². The molecule has 0 aromatic carbocycles. The summed E-state index contributed by atoms with van der Waals surface area (Å²) in [6, 6.07) is 0. The second-order valence-electron chi connectivity index (χ2n) is 1.63. The molecule has 0 saturated carbocycles. The highest BCUT2D eigenvalue weighted by Crippen LogP contribution is 1.95. The highest BCUT2D eigenvalue weighted by atomic mass is 16.7. The molecule has 1 rings (SSSR count). The van der Waals surface area contributed by atoms with Crippen molar-refractivity contribution < 1.29 is 9.63 Å². The van der Waals surface area contributed by atoms with Crippen LogP contribution in [-0.4, -0.2) is 12.5 Å². The zero-order valence-corrected chi connectivity index (χ0v) is 4.60. The van der Waals surface area contributed by atoms with Crippen molar-refractivity contribution in [3.05, 3.63) is 11.6 Å². The lowest BCUT2D eigenvalue weighted by molar-refractivity contribution is -0.130. The molecule has 3 nitrogen and oxygen atoms in total. The van der Waals surface area contributed by atoms with Crippen molar-refractivity contribution in [3.63, 3.8) is 0 Å². The fourth-order valence-electron chi connectivity index (χ4n) is 0.447. The zero-order chi connectivity index (χ0) is 5.98. The Hall–Kier alpha value is -0.830. The van der Waals surface area contributed by atoms with Gasteiger partial charge >= 0.3 is 0 Å². The maximum atomic E-state index is 10.5. The second-order valence-corrected chi connectivity index (χ2v) is 1.63. The molecule has 1 aliphatic heterocycles. The third kappa shape index (κ3) is 0.869. The fourth-order valence-corrected chi connectivity index (χ4v) is 0.447. The molecule has 0 aliphatic carbocycles. The zero-order valence-electron chi connectivity index (χ0n) is 4.60. The topological polar surface area (TPSA) is 38.3 Å². The van der Waals surface area contributed by atoms with Gasteiger partial charge in [-0.05, 0) is 13.0 Å². The first-order chi connectivity index (χ1) is 3.80. The predicted octanol–water partition coefficient (Wildman–Crippen LogP) is -0.00590.